The second kappa shape index (κ2) is 8.52. The number of benzene rings is 1. The lowest BCUT2D eigenvalue weighted by Crippen LogP contribution is -2.35. The van der Waals surface area contributed by atoms with Gasteiger partial charge in [-0.15, -0.1) is 0 Å². The van der Waals surface area contributed by atoms with Crippen LogP contribution in [0.15, 0.2) is 30.3 Å². The summed E-state index contributed by atoms with van der Waals surface area (Å²) in [5.74, 6) is -0.309. The molecule has 5 nitrogen and oxygen atoms in total. The van der Waals surface area contributed by atoms with Crippen molar-refractivity contribution in [2.45, 2.75) is 26.9 Å². The van der Waals surface area contributed by atoms with Crippen LogP contribution in [0.4, 0.5) is 4.79 Å². The second-order valence-electron chi connectivity index (χ2n) is 5.38. The summed E-state index contributed by atoms with van der Waals surface area (Å²) in [6.45, 7) is 4.26. The average molecular weight is 314 g/mol. The van der Waals surface area contributed by atoms with Gasteiger partial charge in [0.2, 0.25) is 0 Å². The summed E-state index contributed by atoms with van der Waals surface area (Å²) >= 11 is 5.27. The third-order valence-electron chi connectivity index (χ3n) is 2.76. The van der Waals surface area contributed by atoms with E-state index in [4.69, 9.17) is 16.3 Å². The van der Waals surface area contributed by atoms with Crippen molar-refractivity contribution >= 4 is 23.7 Å². The van der Waals surface area contributed by atoms with Crippen molar-refractivity contribution in [3.05, 3.63) is 35.9 Å². The molecule has 6 heteroatoms. The van der Waals surface area contributed by atoms with Crippen molar-refractivity contribution in [3.8, 4) is 0 Å². The standard InChI is InChI=1S/C15H20ClNO4/c1-15(2,10-17-14(19)21-11-16)8-13(18)20-9-12-6-4-3-5-7-12/h3-7H,8-11H2,1-2H3,(H,17,19). The monoisotopic (exact) mass is 313 g/mol. The highest BCUT2D eigenvalue weighted by atomic mass is 35.5. The molecule has 1 rings (SSSR count). The first-order chi connectivity index (χ1) is 9.93. The Bertz CT molecular complexity index is 462. The highest BCUT2D eigenvalue weighted by Crippen LogP contribution is 2.20. The van der Waals surface area contributed by atoms with Gasteiger partial charge in [-0.25, -0.2) is 4.79 Å². The van der Waals surface area contributed by atoms with E-state index in [1.54, 1.807) is 0 Å². The fraction of sp³-hybridized carbons (Fsp3) is 0.467. The van der Waals surface area contributed by atoms with E-state index in [1.807, 2.05) is 44.2 Å². The zero-order chi connectivity index (χ0) is 15.7. The molecule has 0 aliphatic heterocycles. The molecule has 0 saturated carbocycles. The van der Waals surface area contributed by atoms with E-state index < -0.39 is 11.5 Å². The molecule has 0 spiro atoms. The van der Waals surface area contributed by atoms with Gasteiger partial charge in [-0.3, -0.25) is 4.79 Å². The Labute approximate surface area is 129 Å². The number of nitrogens with one attached hydrogen (secondary N) is 1. The maximum absolute atomic E-state index is 11.8. The molecular formula is C15H20ClNO4. The van der Waals surface area contributed by atoms with Gasteiger partial charge in [0.15, 0.2) is 6.07 Å². The van der Waals surface area contributed by atoms with E-state index in [0.29, 0.717) is 6.54 Å². The number of carbonyl (C=O) groups excluding carboxylic acids is 2. The smallest absolute Gasteiger partial charge is 0.408 e. The fourth-order valence-electron chi connectivity index (χ4n) is 1.65. The SMILES string of the molecule is CC(C)(CNC(=O)OCCl)CC(=O)OCc1ccccc1. The average Bonchev–Trinajstić information content (AvgIpc) is 2.44. The number of halogens is 1. The summed E-state index contributed by atoms with van der Waals surface area (Å²) in [4.78, 5) is 23.0. The summed E-state index contributed by atoms with van der Waals surface area (Å²) in [6.07, 6.45) is -0.406. The minimum atomic E-state index is -0.601. The topological polar surface area (TPSA) is 64.6 Å². The number of amides is 1. The van der Waals surface area contributed by atoms with Gasteiger partial charge in [-0.2, -0.15) is 0 Å². The predicted octanol–water partition coefficient (Wildman–Crippen LogP) is 3.07. The minimum Gasteiger partial charge on any atom is -0.461 e. The van der Waals surface area contributed by atoms with Gasteiger partial charge in [0.1, 0.15) is 6.61 Å². The summed E-state index contributed by atoms with van der Waals surface area (Å²) < 4.78 is 9.76. The first kappa shape index (κ1) is 17.3. The number of alkyl halides is 1. The van der Waals surface area contributed by atoms with Crippen LogP contribution in [0, 0.1) is 5.41 Å². The first-order valence-electron chi connectivity index (χ1n) is 6.59. The Morgan fingerprint density at radius 2 is 1.86 bits per heavy atom. The fourth-order valence-corrected chi connectivity index (χ4v) is 1.75. The Morgan fingerprint density at radius 3 is 2.48 bits per heavy atom. The Hall–Kier alpha value is -1.75. The van der Waals surface area contributed by atoms with E-state index in [-0.39, 0.29) is 25.1 Å². The number of alkyl carbamates (subject to hydrolysis) is 1. The molecule has 0 atom stereocenters. The van der Waals surface area contributed by atoms with Crippen molar-refractivity contribution in [2.24, 2.45) is 5.41 Å². The van der Waals surface area contributed by atoms with Gasteiger partial charge in [0.25, 0.3) is 0 Å². The van der Waals surface area contributed by atoms with Crippen LogP contribution in [-0.4, -0.2) is 24.7 Å². The number of rotatable bonds is 7. The predicted molar refractivity (Wildman–Crippen MR) is 79.8 cm³/mol. The van der Waals surface area contributed by atoms with Crippen LogP contribution in [0.5, 0.6) is 0 Å². The molecule has 0 unspecified atom stereocenters. The zero-order valence-corrected chi connectivity index (χ0v) is 13.0. The molecule has 0 radical (unpaired) electrons. The molecule has 0 bridgehead atoms. The molecule has 1 aromatic carbocycles. The molecule has 0 fully saturated rings. The Morgan fingerprint density at radius 1 is 1.19 bits per heavy atom. The Kier molecular flexibility index (Phi) is 7.02. The maximum atomic E-state index is 11.8. The maximum Gasteiger partial charge on any atom is 0.408 e. The van der Waals surface area contributed by atoms with E-state index in [1.165, 1.54) is 0 Å². The third kappa shape index (κ3) is 7.56. The van der Waals surface area contributed by atoms with Gasteiger partial charge >= 0.3 is 12.1 Å². The third-order valence-corrected chi connectivity index (χ3v) is 2.87. The highest BCUT2D eigenvalue weighted by Gasteiger charge is 2.24. The molecule has 21 heavy (non-hydrogen) atoms. The highest BCUT2D eigenvalue weighted by molar-refractivity contribution is 6.17. The van der Waals surface area contributed by atoms with Gasteiger partial charge < -0.3 is 14.8 Å². The van der Waals surface area contributed by atoms with E-state index in [9.17, 15) is 9.59 Å². The molecular weight excluding hydrogens is 294 g/mol. The minimum absolute atomic E-state index is 0.195. The largest absolute Gasteiger partial charge is 0.461 e. The van der Waals surface area contributed by atoms with Crippen molar-refractivity contribution < 1.29 is 19.1 Å². The number of hydrogen-bond donors (Lipinski definition) is 1. The quantitative estimate of drug-likeness (QED) is 0.620. The molecule has 1 N–H and O–H groups in total. The molecule has 0 heterocycles. The lowest BCUT2D eigenvalue weighted by Gasteiger charge is -2.23. The van der Waals surface area contributed by atoms with Crippen LogP contribution in [-0.2, 0) is 20.9 Å². The Balaban J connectivity index is 2.33. The van der Waals surface area contributed by atoms with Gasteiger partial charge in [-0.1, -0.05) is 55.8 Å². The van der Waals surface area contributed by atoms with Gasteiger partial charge in [0.05, 0.1) is 6.42 Å². The second-order valence-corrected chi connectivity index (χ2v) is 5.60. The van der Waals surface area contributed by atoms with Crippen LogP contribution < -0.4 is 5.32 Å². The van der Waals surface area contributed by atoms with Crippen LogP contribution >= 0.6 is 11.6 Å². The molecule has 0 saturated heterocycles. The molecule has 0 aliphatic rings. The number of ether oxygens (including phenoxy) is 2. The van der Waals surface area contributed by atoms with Crippen LogP contribution in [0.3, 0.4) is 0 Å². The number of carbonyl (C=O) groups is 2. The summed E-state index contributed by atoms with van der Waals surface area (Å²) in [6, 6.07) is 9.26. The van der Waals surface area contributed by atoms with Crippen molar-refractivity contribution in [3.63, 3.8) is 0 Å². The first-order valence-corrected chi connectivity index (χ1v) is 7.12. The van der Waals surface area contributed by atoms with Crippen LogP contribution in [0.1, 0.15) is 25.8 Å². The summed E-state index contributed by atoms with van der Waals surface area (Å²) in [5.41, 5.74) is 0.506. The normalized spacial score (nSPS) is 10.8. The summed E-state index contributed by atoms with van der Waals surface area (Å²) in [5, 5.41) is 2.55. The molecule has 0 aromatic heterocycles. The van der Waals surface area contributed by atoms with E-state index in [2.05, 4.69) is 10.1 Å². The van der Waals surface area contributed by atoms with Crippen LogP contribution in [0.25, 0.3) is 0 Å². The lowest BCUT2D eigenvalue weighted by atomic mass is 9.89. The summed E-state index contributed by atoms with van der Waals surface area (Å²) in [7, 11) is 0. The number of esters is 1. The van der Waals surface area contributed by atoms with Gasteiger partial charge in [0, 0.05) is 6.54 Å². The molecule has 1 amide bonds. The molecule has 1 aromatic rings. The van der Waals surface area contributed by atoms with Crippen molar-refractivity contribution in [1.29, 1.82) is 0 Å². The van der Waals surface area contributed by atoms with E-state index >= 15 is 0 Å². The van der Waals surface area contributed by atoms with Crippen LogP contribution in [0.2, 0.25) is 0 Å². The van der Waals surface area contributed by atoms with Crippen molar-refractivity contribution in [2.75, 3.05) is 12.6 Å². The zero-order valence-electron chi connectivity index (χ0n) is 12.2. The molecule has 0 aliphatic carbocycles. The van der Waals surface area contributed by atoms with E-state index in [0.717, 1.165) is 5.56 Å². The lowest BCUT2D eigenvalue weighted by molar-refractivity contribution is -0.147. The van der Waals surface area contributed by atoms with Crippen molar-refractivity contribution in [1.82, 2.24) is 5.32 Å². The number of hydrogen-bond acceptors (Lipinski definition) is 4. The molecule has 116 valence electrons. The van der Waals surface area contributed by atoms with Gasteiger partial charge in [-0.05, 0) is 11.0 Å².